The molecule has 126 valence electrons. The Morgan fingerprint density at radius 3 is 2.46 bits per heavy atom. The van der Waals surface area contributed by atoms with Gasteiger partial charge >= 0.3 is 0 Å². The van der Waals surface area contributed by atoms with Gasteiger partial charge in [-0.1, -0.05) is 6.92 Å². The van der Waals surface area contributed by atoms with Gasteiger partial charge in [0.05, 0.1) is 13.0 Å². The number of ether oxygens (including phenoxy) is 1. The Balaban J connectivity index is 1.57. The van der Waals surface area contributed by atoms with E-state index < -0.39 is 0 Å². The molecular weight excluding hydrogens is 324 g/mol. The van der Waals surface area contributed by atoms with Crippen LogP contribution in [0, 0.1) is 0 Å². The van der Waals surface area contributed by atoms with Gasteiger partial charge in [-0.2, -0.15) is 0 Å². The summed E-state index contributed by atoms with van der Waals surface area (Å²) in [6.07, 6.45) is 1.51. The molecule has 0 saturated carbocycles. The van der Waals surface area contributed by atoms with Crippen molar-refractivity contribution in [3.63, 3.8) is 0 Å². The summed E-state index contributed by atoms with van der Waals surface area (Å²) in [5.41, 5.74) is 2.72. The Kier molecular flexibility index (Phi) is 5.27. The van der Waals surface area contributed by atoms with Gasteiger partial charge in [0.15, 0.2) is 0 Å². The van der Waals surface area contributed by atoms with Crippen LogP contribution in [0.4, 0.5) is 11.4 Å². The highest BCUT2D eigenvalue weighted by atomic mass is 32.1. The van der Waals surface area contributed by atoms with E-state index >= 15 is 0 Å². The standard InChI is InChI=1S/C18H20N2O3S/c1-2-16(21)19-13-3-5-14(6-4-13)20-17(22)11-15-18-12(7-9-23-15)8-10-24-18/h3-6,8,10,15H,2,7,9,11H2,1H3,(H,19,21)(H,20,22). The molecule has 1 unspecified atom stereocenters. The predicted octanol–water partition coefficient (Wildman–Crippen LogP) is 3.74. The quantitative estimate of drug-likeness (QED) is 0.868. The van der Waals surface area contributed by atoms with Crippen LogP contribution in [0.3, 0.4) is 0 Å². The molecule has 0 saturated heterocycles. The molecule has 2 N–H and O–H groups in total. The number of hydrogen-bond acceptors (Lipinski definition) is 4. The number of fused-ring (bicyclic) bond motifs is 1. The van der Waals surface area contributed by atoms with Crippen LogP contribution in [0.25, 0.3) is 0 Å². The van der Waals surface area contributed by atoms with E-state index in [0.717, 1.165) is 17.0 Å². The monoisotopic (exact) mass is 344 g/mol. The Labute approximate surface area is 145 Å². The summed E-state index contributed by atoms with van der Waals surface area (Å²) in [4.78, 5) is 24.8. The van der Waals surface area contributed by atoms with Crippen LogP contribution in [-0.4, -0.2) is 18.4 Å². The van der Waals surface area contributed by atoms with Gasteiger partial charge in [0.2, 0.25) is 11.8 Å². The molecule has 1 atom stereocenters. The van der Waals surface area contributed by atoms with Gasteiger partial charge in [-0.25, -0.2) is 0 Å². The lowest BCUT2D eigenvalue weighted by atomic mass is 10.1. The molecule has 1 aromatic carbocycles. The highest BCUT2D eigenvalue weighted by Gasteiger charge is 2.24. The molecular formula is C18H20N2O3S. The van der Waals surface area contributed by atoms with Crippen LogP contribution >= 0.6 is 11.3 Å². The Morgan fingerprint density at radius 1 is 1.12 bits per heavy atom. The molecule has 2 heterocycles. The Morgan fingerprint density at radius 2 is 1.79 bits per heavy atom. The fourth-order valence-electron chi connectivity index (χ4n) is 2.64. The van der Waals surface area contributed by atoms with Crippen LogP contribution in [0.1, 0.15) is 36.3 Å². The van der Waals surface area contributed by atoms with Gasteiger partial charge in [-0.3, -0.25) is 9.59 Å². The number of thiophene rings is 1. The van der Waals surface area contributed by atoms with Crippen LogP contribution in [0.5, 0.6) is 0 Å². The van der Waals surface area contributed by atoms with Gasteiger partial charge in [0.25, 0.3) is 0 Å². The van der Waals surface area contributed by atoms with E-state index in [4.69, 9.17) is 4.74 Å². The van der Waals surface area contributed by atoms with Gasteiger partial charge in [-0.15, -0.1) is 11.3 Å². The molecule has 2 amide bonds. The third kappa shape index (κ3) is 4.01. The minimum Gasteiger partial charge on any atom is -0.372 e. The summed E-state index contributed by atoms with van der Waals surface area (Å²) in [5, 5.41) is 7.70. The molecule has 0 bridgehead atoms. The Bertz CT molecular complexity index is 724. The first kappa shape index (κ1) is 16.7. The molecule has 1 aliphatic heterocycles. The number of amides is 2. The molecule has 0 spiro atoms. The van der Waals surface area contributed by atoms with E-state index in [-0.39, 0.29) is 17.9 Å². The van der Waals surface area contributed by atoms with Crippen LogP contribution in [0.2, 0.25) is 0 Å². The first-order valence-electron chi connectivity index (χ1n) is 8.03. The maximum Gasteiger partial charge on any atom is 0.227 e. The van der Waals surface area contributed by atoms with E-state index in [1.54, 1.807) is 42.5 Å². The highest BCUT2D eigenvalue weighted by Crippen LogP contribution is 2.34. The second kappa shape index (κ2) is 7.59. The van der Waals surface area contributed by atoms with Gasteiger partial charge in [-0.05, 0) is 47.7 Å². The summed E-state index contributed by atoms with van der Waals surface area (Å²) in [6, 6.07) is 9.22. The summed E-state index contributed by atoms with van der Waals surface area (Å²) in [7, 11) is 0. The van der Waals surface area contributed by atoms with Crippen LogP contribution in [-0.2, 0) is 20.7 Å². The van der Waals surface area contributed by atoms with Crippen molar-refractivity contribution in [3.05, 3.63) is 46.2 Å². The fourth-order valence-corrected chi connectivity index (χ4v) is 3.65. The van der Waals surface area contributed by atoms with E-state index in [9.17, 15) is 9.59 Å². The SMILES string of the molecule is CCC(=O)Nc1ccc(NC(=O)CC2OCCc3ccsc32)cc1. The van der Waals surface area contributed by atoms with E-state index in [1.807, 2.05) is 5.38 Å². The van der Waals surface area contributed by atoms with Crippen molar-refractivity contribution >= 4 is 34.5 Å². The molecule has 1 aliphatic rings. The molecule has 1 aromatic heterocycles. The highest BCUT2D eigenvalue weighted by molar-refractivity contribution is 7.10. The molecule has 6 heteroatoms. The van der Waals surface area contributed by atoms with Gasteiger partial charge in [0.1, 0.15) is 6.10 Å². The minimum atomic E-state index is -0.156. The maximum absolute atomic E-state index is 12.3. The summed E-state index contributed by atoms with van der Waals surface area (Å²) >= 11 is 1.65. The number of rotatable bonds is 5. The zero-order valence-corrected chi connectivity index (χ0v) is 14.3. The van der Waals surface area contributed by atoms with Crippen molar-refractivity contribution < 1.29 is 14.3 Å². The van der Waals surface area contributed by atoms with E-state index in [2.05, 4.69) is 16.7 Å². The number of hydrogen-bond donors (Lipinski definition) is 2. The van der Waals surface area contributed by atoms with E-state index in [0.29, 0.717) is 25.1 Å². The van der Waals surface area contributed by atoms with Crippen molar-refractivity contribution in [2.24, 2.45) is 0 Å². The number of carbonyl (C=O) groups is 2. The number of carbonyl (C=O) groups excluding carboxylic acids is 2. The summed E-state index contributed by atoms with van der Waals surface area (Å²) in [5.74, 6) is -0.112. The zero-order valence-electron chi connectivity index (χ0n) is 13.5. The number of nitrogens with one attached hydrogen (secondary N) is 2. The maximum atomic E-state index is 12.3. The van der Waals surface area contributed by atoms with Crippen molar-refractivity contribution in [3.8, 4) is 0 Å². The first-order chi connectivity index (χ1) is 11.7. The van der Waals surface area contributed by atoms with E-state index in [1.165, 1.54) is 5.56 Å². The van der Waals surface area contributed by atoms with Crippen molar-refractivity contribution in [1.82, 2.24) is 0 Å². The lowest BCUT2D eigenvalue weighted by molar-refractivity contribution is -0.119. The number of anilines is 2. The average Bonchev–Trinajstić information content (AvgIpc) is 3.06. The van der Waals surface area contributed by atoms with Gasteiger partial charge < -0.3 is 15.4 Å². The lowest BCUT2D eigenvalue weighted by Gasteiger charge is -2.22. The largest absolute Gasteiger partial charge is 0.372 e. The van der Waals surface area contributed by atoms with Crippen molar-refractivity contribution in [1.29, 1.82) is 0 Å². The smallest absolute Gasteiger partial charge is 0.227 e. The second-order valence-corrected chi connectivity index (χ2v) is 6.60. The zero-order chi connectivity index (χ0) is 16.9. The molecule has 24 heavy (non-hydrogen) atoms. The Hall–Kier alpha value is -2.18. The minimum absolute atomic E-state index is 0.0343. The van der Waals surface area contributed by atoms with Crippen molar-refractivity contribution in [2.45, 2.75) is 32.3 Å². The van der Waals surface area contributed by atoms with Gasteiger partial charge in [0, 0.05) is 22.7 Å². The third-order valence-corrected chi connectivity index (χ3v) is 4.96. The normalized spacial score (nSPS) is 16.3. The van der Waals surface area contributed by atoms with Crippen LogP contribution < -0.4 is 10.6 Å². The average molecular weight is 344 g/mol. The van der Waals surface area contributed by atoms with Crippen LogP contribution in [0.15, 0.2) is 35.7 Å². The molecule has 2 aromatic rings. The summed E-state index contributed by atoms with van der Waals surface area (Å²) < 4.78 is 5.75. The summed E-state index contributed by atoms with van der Waals surface area (Å²) in [6.45, 7) is 2.46. The topological polar surface area (TPSA) is 67.4 Å². The second-order valence-electron chi connectivity index (χ2n) is 5.65. The fraction of sp³-hybridized carbons (Fsp3) is 0.333. The number of benzene rings is 1. The first-order valence-corrected chi connectivity index (χ1v) is 8.91. The van der Waals surface area contributed by atoms with Crippen molar-refractivity contribution in [2.75, 3.05) is 17.2 Å². The molecule has 0 radical (unpaired) electrons. The molecule has 0 fully saturated rings. The molecule has 5 nitrogen and oxygen atoms in total. The molecule has 3 rings (SSSR count). The lowest BCUT2D eigenvalue weighted by Crippen LogP contribution is -2.21. The molecule has 0 aliphatic carbocycles. The third-order valence-electron chi connectivity index (χ3n) is 3.91. The predicted molar refractivity (Wildman–Crippen MR) is 95.3 cm³/mol.